The van der Waals surface area contributed by atoms with Gasteiger partial charge in [0, 0.05) is 0 Å². The molecule has 0 spiro atoms. The number of benzene rings is 2. The molecule has 0 saturated carbocycles. The van der Waals surface area contributed by atoms with E-state index in [1.165, 1.54) is 7.11 Å². The number of hydrogen-bond donors (Lipinski definition) is 0. The van der Waals surface area contributed by atoms with Crippen molar-refractivity contribution in [3.63, 3.8) is 0 Å². The quantitative estimate of drug-likeness (QED) is 0.251. The first-order valence-electron chi connectivity index (χ1n) is 8.36. The second-order valence-corrected chi connectivity index (χ2v) is 6.77. The van der Waals surface area contributed by atoms with Gasteiger partial charge in [0.25, 0.3) is 0 Å². The minimum atomic E-state index is -1.78. The number of halogens is 2. The van der Waals surface area contributed by atoms with E-state index in [1.807, 2.05) is 0 Å². The van der Waals surface area contributed by atoms with Crippen molar-refractivity contribution in [1.29, 1.82) is 0 Å². The largest absolute Gasteiger partial charge is 0.461 e. The van der Waals surface area contributed by atoms with Crippen molar-refractivity contribution in [2.24, 2.45) is 5.16 Å². The zero-order valence-electron chi connectivity index (χ0n) is 15.0. The molecule has 2 aromatic carbocycles. The fourth-order valence-electron chi connectivity index (χ4n) is 2.22. The Morgan fingerprint density at radius 1 is 1.04 bits per heavy atom. The molecular formula is C20H19BrFNO5. The van der Waals surface area contributed by atoms with Crippen molar-refractivity contribution >= 4 is 34.1 Å². The Morgan fingerprint density at radius 2 is 1.57 bits per heavy atom. The van der Waals surface area contributed by atoms with Gasteiger partial charge in [0.2, 0.25) is 0 Å². The number of nitrogens with zero attached hydrogens (tertiary/aromatic N) is 1. The molecule has 2 rings (SSSR count). The molecule has 0 radical (unpaired) electrons. The van der Waals surface area contributed by atoms with Gasteiger partial charge in [-0.05, 0) is 24.3 Å². The Balaban J connectivity index is 2.05. The van der Waals surface area contributed by atoms with E-state index in [9.17, 15) is 14.0 Å². The van der Waals surface area contributed by atoms with Crippen LogP contribution in [0.3, 0.4) is 0 Å². The lowest BCUT2D eigenvalue weighted by Crippen LogP contribution is -2.39. The highest BCUT2D eigenvalue weighted by Gasteiger charge is 2.32. The SMILES string of the molecule is CON=C[C@H](F)[C@H](OC(=O)c1ccccc1)[C@@H](Br)COC(=O)c1ccccc1. The van der Waals surface area contributed by atoms with E-state index in [2.05, 4.69) is 25.9 Å². The average Bonchev–Trinajstić information content (AvgIpc) is 2.74. The number of carbonyl (C=O) groups is 2. The van der Waals surface area contributed by atoms with Crippen LogP contribution in [0.1, 0.15) is 20.7 Å². The molecule has 0 unspecified atom stereocenters. The van der Waals surface area contributed by atoms with Crippen LogP contribution in [0.4, 0.5) is 4.39 Å². The van der Waals surface area contributed by atoms with Crippen LogP contribution in [0.25, 0.3) is 0 Å². The summed E-state index contributed by atoms with van der Waals surface area (Å²) in [6.45, 7) is -0.221. The molecule has 2 aromatic rings. The number of rotatable bonds is 9. The molecule has 0 heterocycles. The van der Waals surface area contributed by atoms with E-state index >= 15 is 0 Å². The van der Waals surface area contributed by atoms with Crippen LogP contribution >= 0.6 is 15.9 Å². The van der Waals surface area contributed by atoms with E-state index in [0.717, 1.165) is 6.21 Å². The number of esters is 2. The van der Waals surface area contributed by atoms with Gasteiger partial charge in [-0.15, -0.1) is 0 Å². The molecule has 0 saturated heterocycles. The Bertz CT molecular complexity index is 788. The summed E-state index contributed by atoms with van der Waals surface area (Å²) in [5.74, 6) is -1.28. The predicted molar refractivity (Wildman–Crippen MR) is 105 cm³/mol. The maximum absolute atomic E-state index is 14.6. The van der Waals surface area contributed by atoms with Crippen LogP contribution in [0.15, 0.2) is 65.8 Å². The molecule has 0 aliphatic carbocycles. The van der Waals surface area contributed by atoms with Gasteiger partial charge >= 0.3 is 11.9 Å². The molecule has 0 fully saturated rings. The lowest BCUT2D eigenvalue weighted by atomic mass is 10.1. The normalized spacial score (nSPS) is 14.1. The summed E-state index contributed by atoms with van der Waals surface area (Å²) in [7, 11) is 1.27. The summed E-state index contributed by atoms with van der Waals surface area (Å²) in [5.41, 5.74) is 0.627. The number of ether oxygens (including phenoxy) is 2. The summed E-state index contributed by atoms with van der Waals surface area (Å²) in [4.78, 5) is 28.0. The first-order valence-corrected chi connectivity index (χ1v) is 9.27. The van der Waals surface area contributed by atoms with Gasteiger partial charge in [-0.3, -0.25) is 0 Å². The third-order valence-electron chi connectivity index (χ3n) is 3.61. The molecule has 0 aliphatic rings. The van der Waals surface area contributed by atoms with Crippen molar-refractivity contribution < 1.29 is 28.3 Å². The van der Waals surface area contributed by atoms with Gasteiger partial charge in [0.1, 0.15) is 13.7 Å². The zero-order chi connectivity index (χ0) is 20.4. The molecule has 0 bridgehead atoms. The van der Waals surface area contributed by atoms with Gasteiger partial charge in [0.15, 0.2) is 12.3 Å². The van der Waals surface area contributed by atoms with Gasteiger partial charge in [-0.25, -0.2) is 14.0 Å². The molecule has 0 aromatic heterocycles. The number of carbonyl (C=O) groups excluding carboxylic acids is 2. The highest BCUT2D eigenvalue weighted by molar-refractivity contribution is 9.09. The highest BCUT2D eigenvalue weighted by atomic mass is 79.9. The Labute approximate surface area is 170 Å². The van der Waals surface area contributed by atoms with Crippen LogP contribution in [0, 0.1) is 0 Å². The third kappa shape index (κ3) is 6.45. The fraction of sp³-hybridized carbons (Fsp3) is 0.250. The van der Waals surface area contributed by atoms with Crippen LogP contribution in [0.5, 0.6) is 0 Å². The minimum absolute atomic E-state index is 0.221. The smallest absolute Gasteiger partial charge is 0.338 e. The van der Waals surface area contributed by atoms with Gasteiger partial charge in [-0.1, -0.05) is 57.5 Å². The van der Waals surface area contributed by atoms with Crippen molar-refractivity contribution in [2.45, 2.75) is 17.1 Å². The average molecular weight is 452 g/mol. The molecule has 0 aliphatic heterocycles. The van der Waals surface area contributed by atoms with Gasteiger partial charge < -0.3 is 14.3 Å². The standard InChI is InChI=1S/C20H19BrFNO5/c1-26-23-12-17(22)18(28-20(25)15-10-6-3-7-11-15)16(21)13-27-19(24)14-8-4-2-5-9-14/h2-12,16-18H,13H2,1H3/t16-,17-,18+/m0/s1. The minimum Gasteiger partial charge on any atom is -0.461 e. The van der Waals surface area contributed by atoms with Crippen LogP contribution < -0.4 is 0 Å². The second kappa shape index (κ2) is 11.2. The van der Waals surface area contributed by atoms with E-state index < -0.39 is 29.0 Å². The second-order valence-electron chi connectivity index (χ2n) is 5.60. The van der Waals surface area contributed by atoms with Crippen molar-refractivity contribution in [1.82, 2.24) is 0 Å². The maximum Gasteiger partial charge on any atom is 0.338 e. The first kappa shape index (κ1) is 21.6. The van der Waals surface area contributed by atoms with Gasteiger partial charge in [0.05, 0.1) is 22.2 Å². The third-order valence-corrected chi connectivity index (χ3v) is 4.40. The lowest BCUT2D eigenvalue weighted by Gasteiger charge is -2.24. The summed E-state index contributed by atoms with van der Waals surface area (Å²) in [5, 5.41) is 3.38. The van der Waals surface area contributed by atoms with Crippen LogP contribution in [-0.4, -0.2) is 49.0 Å². The lowest BCUT2D eigenvalue weighted by molar-refractivity contribution is 0.00846. The highest BCUT2D eigenvalue weighted by Crippen LogP contribution is 2.19. The molecule has 148 valence electrons. The molecular weight excluding hydrogens is 433 g/mol. The van der Waals surface area contributed by atoms with Gasteiger partial charge in [-0.2, -0.15) is 0 Å². The zero-order valence-corrected chi connectivity index (χ0v) is 16.6. The van der Waals surface area contributed by atoms with Crippen molar-refractivity contribution in [3.05, 3.63) is 71.8 Å². The monoisotopic (exact) mass is 451 g/mol. The summed E-state index contributed by atoms with van der Waals surface area (Å²) >= 11 is 3.24. The van der Waals surface area contributed by atoms with E-state index in [4.69, 9.17) is 9.47 Å². The number of alkyl halides is 2. The summed E-state index contributed by atoms with van der Waals surface area (Å²) in [6.07, 6.45) is -2.21. The predicted octanol–water partition coefficient (Wildman–Crippen LogP) is 3.80. The van der Waals surface area contributed by atoms with Crippen LogP contribution in [0.2, 0.25) is 0 Å². The number of hydrogen-bond acceptors (Lipinski definition) is 6. The van der Waals surface area contributed by atoms with Crippen LogP contribution in [-0.2, 0) is 14.3 Å². The molecule has 0 amide bonds. The first-order chi connectivity index (χ1) is 13.5. The maximum atomic E-state index is 14.6. The Hall–Kier alpha value is -2.74. The van der Waals surface area contributed by atoms with E-state index in [-0.39, 0.29) is 12.2 Å². The number of oxime groups is 1. The van der Waals surface area contributed by atoms with E-state index in [0.29, 0.717) is 5.56 Å². The van der Waals surface area contributed by atoms with Crippen molar-refractivity contribution in [2.75, 3.05) is 13.7 Å². The molecule has 0 N–H and O–H groups in total. The summed E-state index contributed by atoms with van der Waals surface area (Å²) in [6, 6.07) is 16.5. The molecule has 6 nitrogen and oxygen atoms in total. The van der Waals surface area contributed by atoms with Crippen molar-refractivity contribution in [3.8, 4) is 0 Å². The Kier molecular flexibility index (Phi) is 8.61. The molecule has 3 atom stereocenters. The summed E-state index contributed by atoms with van der Waals surface area (Å²) < 4.78 is 25.0. The topological polar surface area (TPSA) is 74.2 Å². The fourth-order valence-corrected chi connectivity index (χ4v) is 2.75. The van der Waals surface area contributed by atoms with E-state index in [1.54, 1.807) is 60.7 Å². The Morgan fingerprint density at radius 3 is 2.11 bits per heavy atom. The molecule has 8 heteroatoms. The molecule has 28 heavy (non-hydrogen) atoms.